The maximum absolute atomic E-state index is 5.40. The predicted molar refractivity (Wildman–Crippen MR) is 104 cm³/mol. The molecule has 0 saturated carbocycles. The molecule has 0 radical (unpaired) electrons. The van der Waals surface area contributed by atoms with Crippen LogP contribution in [0.3, 0.4) is 0 Å². The maximum Gasteiger partial charge on any atom is 0.249 e. The highest BCUT2D eigenvalue weighted by atomic mass is 16.7. The van der Waals surface area contributed by atoms with Crippen LogP contribution in [0.1, 0.15) is 26.3 Å². The van der Waals surface area contributed by atoms with Crippen molar-refractivity contribution in [2.24, 2.45) is 0 Å². The van der Waals surface area contributed by atoms with Crippen LogP contribution in [0.15, 0.2) is 48.7 Å². The van der Waals surface area contributed by atoms with Gasteiger partial charge in [0.15, 0.2) is 17.3 Å². The number of para-hydroxylation sites is 1. The second-order valence-electron chi connectivity index (χ2n) is 7.28. The number of nitrogens with zero attached hydrogens (tertiary/aromatic N) is 3. The lowest BCUT2D eigenvalue weighted by Crippen LogP contribution is -2.14. The Morgan fingerprint density at radius 3 is 2.63 bits per heavy atom. The normalized spacial score (nSPS) is 12.7. The Kier molecular flexibility index (Phi) is 4.27. The number of fused-ring (bicyclic) bond motifs is 1. The summed E-state index contributed by atoms with van der Waals surface area (Å²) in [5.74, 6) is 2.46. The van der Waals surface area contributed by atoms with Gasteiger partial charge in [-0.15, -0.1) is 5.10 Å². The van der Waals surface area contributed by atoms with Crippen LogP contribution in [0.5, 0.6) is 11.5 Å². The van der Waals surface area contributed by atoms with Crippen LogP contribution in [0, 0.1) is 0 Å². The molecule has 2 N–H and O–H groups in total. The molecular weight excluding hydrogens is 342 g/mol. The molecule has 2 aromatic carbocycles. The minimum Gasteiger partial charge on any atom is -0.454 e. The van der Waals surface area contributed by atoms with E-state index >= 15 is 0 Å². The van der Waals surface area contributed by atoms with Crippen molar-refractivity contribution in [3.8, 4) is 11.5 Å². The first-order valence-electron chi connectivity index (χ1n) is 8.72. The van der Waals surface area contributed by atoms with Crippen molar-refractivity contribution in [1.29, 1.82) is 0 Å². The van der Waals surface area contributed by atoms with E-state index in [4.69, 9.17) is 9.47 Å². The first kappa shape index (κ1) is 17.1. The van der Waals surface area contributed by atoms with Gasteiger partial charge < -0.3 is 20.1 Å². The van der Waals surface area contributed by atoms with Crippen LogP contribution in [0.2, 0.25) is 0 Å². The van der Waals surface area contributed by atoms with Crippen molar-refractivity contribution >= 4 is 23.1 Å². The minimum absolute atomic E-state index is 0.000625. The van der Waals surface area contributed by atoms with Gasteiger partial charge >= 0.3 is 0 Å². The van der Waals surface area contributed by atoms with Crippen molar-refractivity contribution in [1.82, 2.24) is 15.2 Å². The molecule has 27 heavy (non-hydrogen) atoms. The summed E-state index contributed by atoms with van der Waals surface area (Å²) < 4.78 is 10.7. The third-order valence-electron chi connectivity index (χ3n) is 4.19. The summed E-state index contributed by atoms with van der Waals surface area (Å²) in [6, 6.07) is 13.8. The maximum atomic E-state index is 5.40. The average Bonchev–Trinajstić information content (AvgIpc) is 3.09. The van der Waals surface area contributed by atoms with E-state index in [1.807, 2.05) is 36.4 Å². The molecule has 138 valence electrons. The van der Waals surface area contributed by atoms with Crippen molar-refractivity contribution in [2.75, 3.05) is 17.4 Å². The van der Waals surface area contributed by atoms with Crippen molar-refractivity contribution in [2.45, 2.75) is 26.2 Å². The Labute approximate surface area is 157 Å². The fourth-order valence-electron chi connectivity index (χ4n) is 2.91. The number of hydrogen-bond acceptors (Lipinski definition) is 7. The number of benzene rings is 2. The van der Waals surface area contributed by atoms with E-state index in [1.54, 1.807) is 6.20 Å². The van der Waals surface area contributed by atoms with Gasteiger partial charge in [-0.2, -0.15) is 10.1 Å². The lowest BCUT2D eigenvalue weighted by molar-refractivity contribution is 0.174. The second-order valence-corrected chi connectivity index (χ2v) is 7.28. The summed E-state index contributed by atoms with van der Waals surface area (Å²) >= 11 is 0. The molecule has 4 rings (SSSR count). The molecule has 7 heteroatoms. The summed E-state index contributed by atoms with van der Waals surface area (Å²) in [4.78, 5) is 4.51. The van der Waals surface area contributed by atoms with E-state index in [0.717, 1.165) is 17.1 Å². The summed E-state index contributed by atoms with van der Waals surface area (Å²) in [6.45, 7) is 6.76. The molecule has 0 amide bonds. The zero-order chi connectivity index (χ0) is 18.9. The number of anilines is 4. The summed E-state index contributed by atoms with van der Waals surface area (Å²) in [5.41, 5.74) is 2.98. The number of rotatable bonds is 4. The van der Waals surface area contributed by atoms with E-state index in [1.165, 1.54) is 5.56 Å². The van der Waals surface area contributed by atoms with Gasteiger partial charge in [0.1, 0.15) is 0 Å². The van der Waals surface area contributed by atoms with Crippen LogP contribution < -0.4 is 20.1 Å². The van der Waals surface area contributed by atoms with Gasteiger partial charge in [0, 0.05) is 17.4 Å². The van der Waals surface area contributed by atoms with E-state index in [0.29, 0.717) is 17.5 Å². The third-order valence-corrected chi connectivity index (χ3v) is 4.19. The molecule has 2 heterocycles. The lowest BCUT2D eigenvalue weighted by atomic mass is 9.86. The Morgan fingerprint density at radius 1 is 0.963 bits per heavy atom. The highest BCUT2D eigenvalue weighted by Crippen LogP contribution is 2.35. The molecule has 0 atom stereocenters. The summed E-state index contributed by atoms with van der Waals surface area (Å²) in [7, 11) is 0. The lowest BCUT2D eigenvalue weighted by Gasteiger charge is -2.22. The zero-order valence-corrected chi connectivity index (χ0v) is 15.5. The molecule has 1 aliphatic rings. The Morgan fingerprint density at radius 2 is 1.78 bits per heavy atom. The van der Waals surface area contributed by atoms with Gasteiger partial charge in [0.05, 0.1) is 6.20 Å². The Balaban J connectivity index is 1.55. The van der Waals surface area contributed by atoms with Gasteiger partial charge in [-0.25, -0.2) is 0 Å². The minimum atomic E-state index is -0.000625. The number of hydrogen-bond donors (Lipinski definition) is 2. The predicted octanol–water partition coefficient (Wildman–Crippen LogP) is 4.39. The average molecular weight is 363 g/mol. The molecule has 0 aliphatic carbocycles. The van der Waals surface area contributed by atoms with Gasteiger partial charge in [0.25, 0.3) is 0 Å². The highest BCUT2D eigenvalue weighted by Gasteiger charge is 2.18. The second kappa shape index (κ2) is 6.75. The van der Waals surface area contributed by atoms with Gasteiger partial charge in [0.2, 0.25) is 12.7 Å². The fourth-order valence-corrected chi connectivity index (χ4v) is 2.91. The molecular formula is C20H21N5O2. The molecule has 3 aromatic rings. The Bertz CT molecular complexity index is 969. The van der Waals surface area contributed by atoms with E-state index in [9.17, 15) is 0 Å². The number of ether oxygens (including phenoxy) is 2. The standard InChI is InChI=1S/C20H21N5O2/c1-20(2,3)14-6-4-5-7-15(14)23-19-24-18(11-21-25-19)22-13-8-9-16-17(10-13)27-12-26-16/h4-11H,12H2,1-3H3,(H2,22,23,24,25). The molecule has 7 nitrogen and oxygen atoms in total. The topological polar surface area (TPSA) is 81.2 Å². The van der Waals surface area contributed by atoms with E-state index in [-0.39, 0.29) is 12.2 Å². The third kappa shape index (κ3) is 3.76. The van der Waals surface area contributed by atoms with Crippen molar-refractivity contribution < 1.29 is 9.47 Å². The molecule has 0 fully saturated rings. The van der Waals surface area contributed by atoms with Crippen LogP contribution in [0.4, 0.5) is 23.1 Å². The molecule has 0 saturated heterocycles. The molecule has 0 bridgehead atoms. The summed E-state index contributed by atoms with van der Waals surface area (Å²) in [5, 5.41) is 14.6. The largest absolute Gasteiger partial charge is 0.454 e. The first-order valence-corrected chi connectivity index (χ1v) is 8.72. The monoisotopic (exact) mass is 363 g/mol. The highest BCUT2D eigenvalue weighted by molar-refractivity contribution is 5.64. The zero-order valence-electron chi connectivity index (χ0n) is 15.5. The quantitative estimate of drug-likeness (QED) is 0.711. The van der Waals surface area contributed by atoms with Crippen LogP contribution in [-0.4, -0.2) is 22.0 Å². The van der Waals surface area contributed by atoms with Gasteiger partial charge in [-0.05, 0) is 29.2 Å². The van der Waals surface area contributed by atoms with E-state index in [2.05, 4.69) is 52.7 Å². The van der Waals surface area contributed by atoms with Gasteiger partial charge in [-0.1, -0.05) is 39.0 Å². The molecule has 1 aromatic heterocycles. The van der Waals surface area contributed by atoms with E-state index < -0.39 is 0 Å². The van der Waals surface area contributed by atoms with Crippen LogP contribution >= 0.6 is 0 Å². The van der Waals surface area contributed by atoms with Crippen LogP contribution in [0.25, 0.3) is 0 Å². The van der Waals surface area contributed by atoms with Gasteiger partial charge in [-0.3, -0.25) is 0 Å². The van der Waals surface area contributed by atoms with Crippen molar-refractivity contribution in [3.63, 3.8) is 0 Å². The molecule has 0 unspecified atom stereocenters. The first-order chi connectivity index (χ1) is 13.0. The summed E-state index contributed by atoms with van der Waals surface area (Å²) in [6.07, 6.45) is 1.57. The smallest absolute Gasteiger partial charge is 0.249 e. The van der Waals surface area contributed by atoms with Crippen LogP contribution in [-0.2, 0) is 5.41 Å². The molecule has 0 spiro atoms. The SMILES string of the molecule is CC(C)(C)c1ccccc1Nc1nncc(Nc2ccc3c(c2)OCO3)n1. The number of aromatic nitrogens is 3. The fraction of sp³-hybridized carbons (Fsp3) is 0.250. The number of nitrogens with one attached hydrogen (secondary N) is 2. The molecule has 1 aliphatic heterocycles. The van der Waals surface area contributed by atoms with Crippen molar-refractivity contribution in [3.05, 3.63) is 54.2 Å². The Hall–Kier alpha value is -3.35.